The molecule has 0 spiro atoms. The van der Waals surface area contributed by atoms with E-state index in [4.69, 9.17) is 5.11 Å². The smallest absolute Gasteiger partial charge is 0.303 e. The number of nitrogens with one attached hydrogen (secondary N) is 1. The zero-order valence-corrected chi connectivity index (χ0v) is 12.5. The van der Waals surface area contributed by atoms with Crippen molar-refractivity contribution in [3.8, 4) is 0 Å². The average molecular weight is 293 g/mol. The Bertz CT molecular complexity index is 498. The van der Waals surface area contributed by atoms with E-state index in [0.29, 0.717) is 18.7 Å². The van der Waals surface area contributed by atoms with E-state index in [9.17, 15) is 9.59 Å². The van der Waals surface area contributed by atoms with Crippen molar-refractivity contribution in [3.05, 3.63) is 17.5 Å². The van der Waals surface area contributed by atoms with Crippen LogP contribution in [0.1, 0.15) is 61.6 Å². The summed E-state index contributed by atoms with van der Waals surface area (Å²) in [6, 6.07) is 1.84. The number of piperidine rings is 1. The lowest BCUT2D eigenvalue weighted by molar-refractivity contribution is -0.137. The molecule has 0 radical (unpaired) electrons. The van der Waals surface area contributed by atoms with Crippen molar-refractivity contribution >= 4 is 11.9 Å². The predicted molar refractivity (Wildman–Crippen MR) is 78.1 cm³/mol. The second kappa shape index (κ2) is 7.24. The summed E-state index contributed by atoms with van der Waals surface area (Å²) in [6.07, 6.45) is 5.41. The topological polar surface area (TPSA) is 86.3 Å². The maximum atomic E-state index is 12.6. The Hall–Kier alpha value is -1.85. The van der Waals surface area contributed by atoms with Crippen molar-refractivity contribution in [2.45, 2.75) is 57.9 Å². The van der Waals surface area contributed by atoms with Crippen molar-refractivity contribution in [1.82, 2.24) is 15.1 Å². The number of carboxylic acid groups (broad SMARTS) is 1. The fraction of sp³-hybridized carbons (Fsp3) is 0.667. The normalized spacial score (nSPS) is 18.7. The van der Waals surface area contributed by atoms with E-state index in [2.05, 4.69) is 17.1 Å². The molecule has 0 aliphatic carbocycles. The SMILES string of the molecule is CCCc1cc(C(=O)N2CCCC[C@H]2CCC(=O)O)n[nH]1. The largest absolute Gasteiger partial charge is 0.481 e. The molecule has 0 unspecified atom stereocenters. The number of carboxylic acids is 1. The number of nitrogens with zero attached hydrogens (tertiary/aromatic N) is 2. The molecule has 0 bridgehead atoms. The molecule has 21 heavy (non-hydrogen) atoms. The van der Waals surface area contributed by atoms with E-state index in [-0.39, 0.29) is 18.4 Å². The minimum atomic E-state index is -0.807. The number of carbonyl (C=O) groups is 2. The second-order valence-electron chi connectivity index (χ2n) is 5.61. The summed E-state index contributed by atoms with van der Waals surface area (Å²) in [4.78, 5) is 25.1. The molecule has 6 nitrogen and oxygen atoms in total. The van der Waals surface area contributed by atoms with Crippen LogP contribution < -0.4 is 0 Å². The minimum Gasteiger partial charge on any atom is -0.481 e. The minimum absolute atomic E-state index is 0.0219. The lowest BCUT2D eigenvalue weighted by Crippen LogP contribution is -2.44. The number of aryl methyl sites for hydroxylation is 1. The van der Waals surface area contributed by atoms with Gasteiger partial charge in [-0.2, -0.15) is 5.10 Å². The molecule has 1 aliphatic heterocycles. The Balaban J connectivity index is 2.04. The van der Waals surface area contributed by atoms with Crippen molar-refractivity contribution < 1.29 is 14.7 Å². The summed E-state index contributed by atoms with van der Waals surface area (Å²) in [5.74, 6) is -0.887. The van der Waals surface area contributed by atoms with Gasteiger partial charge in [0.05, 0.1) is 0 Å². The Morgan fingerprint density at radius 3 is 3.00 bits per heavy atom. The molecule has 1 saturated heterocycles. The second-order valence-corrected chi connectivity index (χ2v) is 5.61. The first kappa shape index (κ1) is 15.5. The number of amides is 1. The molecule has 1 aromatic rings. The Morgan fingerprint density at radius 1 is 1.48 bits per heavy atom. The molecule has 1 fully saturated rings. The van der Waals surface area contributed by atoms with Crippen LogP contribution in [0.25, 0.3) is 0 Å². The third-order valence-corrected chi connectivity index (χ3v) is 3.95. The van der Waals surface area contributed by atoms with E-state index >= 15 is 0 Å². The molecule has 2 heterocycles. The molecule has 0 saturated carbocycles. The first-order valence-electron chi connectivity index (χ1n) is 7.69. The highest BCUT2D eigenvalue weighted by Gasteiger charge is 2.29. The van der Waals surface area contributed by atoms with Gasteiger partial charge in [-0.1, -0.05) is 13.3 Å². The Morgan fingerprint density at radius 2 is 2.29 bits per heavy atom. The lowest BCUT2D eigenvalue weighted by Gasteiger charge is -2.35. The molecule has 1 amide bonds. The number of likely N-dealkylation sites (tertiary alicyclic amines) is 1. The highest BCUT2D eigenvalue weighted by Crippen LogP contribution is 2.23. The first-order valence-corrected chi connectivity index (χ1v) is 7.69. The van der Waals surface area contributed by atoms with Crippen LogP contribution in [-0.2, 0) is 11.2 Å². The Labute approximate surface area is 124 Å². The molecule has 116 valence electrons. The van der Waals surface area contributed by atoms with Crippen molar-refractivity contribution in [2.24, 2.45) is 0 Å². The lowest BCUT2D eigenvalue weighted by atomic mass is 9.97. The van der Waals surface area contributed by atoms with Crippen LogP contribution in [0, 0.1) is 0 Å². The number of hydrogen-bond acceptors (Lipinski definition) is 3. The number of hydrogen-bond donors (Lipinski definition) is 2. The maximum absolute atomic E-state index is 12.6. The zero-order chi connectivity index (χ0) is 15.2. The summed E-state index contributed by atoms with van der Waals surface area (Å²) < 4.78 is 0. The Kier molecular flexibility index (Phi) is 5.36. The summed E-state index contributed by atoms with van der Waals surface area (Å²) in [5.41, 5.74) is 1.42. The molecule has 1 atom stereocenters. The molecule has 0 aromatic carbocycles. The molecule has 1 aromatic heterocycles. The highest BCUT2D eigenvalue weighted by molar-refractivity contribution is 5.92. The van der Waals surface area contributed by atoms with E-state index < -0.39 is 5.97 Å². The summed E-state index contributed by atoms with van der Waals surface area (Å²) >= 11 is 0. The van der Waals surface area contributed by atoms with Gasteiger partial charge in [0.2, 0.25) is 0 Å². The van der Waals surface area contributed by atoms with Crippen LogP contribution >= 0.6 is 0 Å². The van der Waals surface area contributed by atoms with E-state index in [1.807, 2.05) is 6.07 Å². The zero-order valence-electron chi connectivity index (χ0n) is 12.5. The fourth-order valence-corrected chi connectivity index (χ4v) is 2.87. The summed E-state index contributed by atoms with van der Waals surface area (Å²) in [5, 5.41) is 15.8. The van der Waals surface area contributed by atoms with Gasteiger partial charge in [0.15, 0.2) is 0 Å². The maximum Gasteiger partial charge on any atom is 0.303 e. The van der Waals surface area contributed by atoms with Crippen LogP contribution in [0.2, 0.25) is 0 Å². The van der Waals surface area contributed by atoms with Gasteiger partial charge >= 0.3 is 5.97 Å². The van der Waals surface area contributed by atoms with Crippen molar-refractivity contribution in [3.63, 3.8) is 0 Å². The quantitative estimate of drug-likeness (QED) is 0.842. The van der Waals surface area contributed by atoms with Gasteiger partial charge < -0.3 is 10.0 Å². The summed E-state index contributed by atoms with van der Waals surface area (Å²) in [7, 11) is 0. The van der Waals surface area contributed by atoms with Gasteiger partial charge in [-0.3, -0.25) is 14.7 Å². The number of H-pyrrole nitrogens is 1. The fourth-order valence-electron chi connectivity index (χ4n) is 2.87. The van der Waals surface area contributed by atoms with Crippen molar-refractivity contribution in [2.75, 3.05) is 6.54 Å². The number of aromatic amines is 1. The van der Waals surface area contributed by atoms with Gasteiger partial charge in [0, 0.05) is 24.7 Å². The van der Waals surface area contributed by atoms with Crippen LogP contribution in [-0.4, -0.2) is 44.7 Å². The third-order valence-electron chi connectivity index (χ3n) is 3.95. The number of aromatic nitrogens is 2. The van der Waals surface area contributed by atoms with Gasteiger partial charge in [0.25, 0.3) is 5.91 Å². The predicted octanol–water partition coefficient (Wildman–Crippen LogP) is 2.22. The monoisotopic (exact) mass is 293 g/mol. The highest BCUT2D eigenvalue weighted by atomic mass is 16.4. The molecule has 2 N–H and O–H groups in total. The van der Waals surface area contributed by atoms with Gasteiger partial charge in [0.1, 0.15) is 5.69 Å². The summed E-state index contributed by atoms with van der Waals surface area (Å²) in [6.45, 7) is 2.77. The molecule has 6 heteroatoms. The van der Waals surface area contributed by atoms with Crippen LogP contribution in [0.15, 0.2) is 6.07 Å². The number of carbonyl (C=O) groups excluding carboxylic acids is 1. The first-order chi connectivity index (χ1) is 10.1. The van der Waals surface area contributed by atoms with Gasteiger partial charge in [-0.05, 0) is 38.2 Å². The van der Waals surface area contributed by atoms with Gasteiger partial charge in [-0.15, -0.1) is 0 Å². The van der Waals surface area contributed by atoms with Crippen LogP contribution in [0.4, 0.5) is 0 Å². The molecule has 1 aliphatic rings. The molecular weight excluding hydrogens is 270 g/mol. The average Bonchev–Trinajstić information content (AvgIpc) is 2.94. The third kappa shape index (κ3) is 4.06. The van der Waals surface area contributed by atoms with Crippen LogP contribution in [0.5, 0.6) is 0 Å². The molecular formula is C15H23N3O3. The van der Waals surface area contributed by atoms with Gasteiger partial charge in [-0.25, -0.2) is 0 Å². The van der Waals surface area contributed by atoms with Crippen LogP contribution in [0.3, 0.4) is 0 Å². The molecule has 2 rings (SSSR count). The number of rotatable bonds is 6. The standard InChI is InChI=1S/C15H23N3O3/c1-2-5-11-10-13(17-16-11)15(21)18-9-4-3-6-12(18)7-8-14(19)20/h10,12H,2-9H2,1H3,(H,16,17)(H,19,20)/t12-/m0/s1. The van der Waals surface area contributed by atoms with E-state index in [0.717, 1.165) is 37.8 Å². The van der Waals surface area contributed by atoms with Crippen molar-refractivity contribution in [1.29, 1.82) is 0 Å². The van der Waals surface area contributed by atoms with E-state index in [1.54, 1.807) is 4.90 Å². The number of aliphatic carboxylic acids is 1. The van der Waals surface area contributed by atoms with E-state index in [1.165, 1.54) is 0 Å².